The van der Waals surface area contributed by atoms with Crippen LogP contribution in [0.5, 0.6) is 0 Å². The highest BCUT2D eigenvalue weighted by Gasteiger charge is 2.25. The number of rotatable bonds is 3. The summed E-state index contributed by atoms with van der Waals surface area (Å²) in [5.41, 5.74) is 2.90. The number of ketones is 1. The number of carbonyl (C=O) groups is 1. The Morgan fingerprint density at radius 1 is 1.00 bits per heavy atom. The molecule has 1 aliphatic rings. The number of hydrogen-bond acceptors (Lipinski definition) is 2. The van der Waals surface area contributed by atoms with E-state index >= 15 is 0 Å². The van der Waals surface area contributed by atoms with Crippen LogP contribution in [0.3, 0.4) is 0 Å². The average Bonchev–Trinajstić information content (AvgIpc) is 2.55. The van der Waals surface area contributed by atoms with E-state index in [4.69, 9.17) is 23.4 Å². The van der Waals surface area contributed by atoms with Crippen LogP contribution < -0.4 is 0 Å². The molecule has 0 amide bonds. The first-order valence-corrected chi connectivity index (χ1v) is 8.16. The highest BCUT2D eigenvalue weighted by Crippen LogP contribution is 2.26. The van der Waals surface area contributed by atoms with E-state index in [0.717, 1.165) is 42.6 Å². The molecule has 0 aliphatic carbocycles. The lowest BCUT2D eigenvalue weighted by molar-refractivity contribution is 0.0877. The highest BCUT2D eigenvalue weighted by atomic mass is 35.5. The molecule has 0 unspecified atom stereocenters. The molecule has 2 aromatic rings. The van der Waals surface area contributed by atoms with Crippen LogP contribution >= 0.6 is 23.4 Å². The van der Waals surface area contributed by atoms with Gasteiger partial charge in [-0.15, -0.1) is 0 Å². The molecule has 2 nitrogen and oxygen atoms in total. The molecule has 0 saturated carbocycles. The van der Waals surface area contributed by atoms with Gasteiger partial charge in [0.25, 0.3) is 0 Å². The Balaban J connectivity index is 1.75. The number of piperidine rings is 1. The summed E-state index contributed by atoms with van der Waals surface area (Å²) < 4.78 is 1.76. The summed E-state index contributed by atoms with van der Waals surface area (Å²) in [5, 5.41) is 0.713. The van der Waals surface area contributed by atoms with Gasteiger partial charge in [0.15, 0.2) is 5.78 Å². The van der Waals surface area contributed by atoms with E-state index in [2.05, 4.69) is 0 Å². The van der Waals surface area contributed by atoms with Crippen molar-refractivity contribution >= 4 is 29.2 Å². The van der Waals surface area contributed by atoms with Crippen molar-refractivity contribution in [2.75, 3.05) is 13.1 Å². The first-order chi connectivity index (χ1) is 10.6. The molecule has 1 aliphatic heterocycles. The Kier molecular flexibility index (Phi) is 4.82. The van der Waals surface area contributed by atoms with E-state index in [-0.39, 0.29) is 11.7 Å². The first-order valence-electron chi connectivity index (χ1n) is 7.44. The first kappa shape index (κ1) is 15.5. The molecule has 114 valence electrons. The van der Waals surface area contributed by atoms with Crippen LogP contribution in [0.15, 0.2) is 48.5 Å². The van der Waals surface area contributed by atoms with E-state index in [1.807, 2.05) is 48.5 Å². The SMILES string of the molecule is O=C(c1ccc(-c2cccc(Cl)c2)cc1)C1CCN(Cl)CC1. The molecule has 1 fully saturated rings. The van der Waals surface area contributed by atoms with Crippen molar-refractivity contribution in [3.63, 3.8) is 0 Å². The summed E-state index contributed by atoms with van der Waals surface area (Å²) in [6, 6.07) is 15.5. The second kappa shape index (κ2) is 6.82. The van der Waals surface area contributed by atoms with Gasteiger partial charge in [-0.05, 0) is 47.9 Å². The van der Waals surface area contributed by atoms with Crippen LogP contribution in [0.2, 0.25) is 5.02 Å². The molecule has 4 heteroatoms. The summed E-state index contributed by atoms with van der Waals surface area (Å²) in [6.45, 7) is 1.55. The number of hydrogen-bond donors (Lipinski definition) is 0. The Hall–Kier alpha value is -1.35. The summed E-state index contributed by atoms with van der Waals surface area (Å²) in [4.78, 5) is 12.5. The van der Waals surface area contributed by atoms with Crippen LogP contribution in [-0.4, -0.2) is 23.3 Å². The van der Waals surface area contributed by atoms with Gasteiger partial charge in [-0.1, -0.05) is 48.0 Å². The Morgan fingerprint density at radius 2 is 1.68 bits per heavy atom. The van der Waals surface area contributed by atoms with Gasteiger partial charge in [0.2, 0.25) is 0 Å². The zero-order valence-electron chi connectivity index (χ0n) is 12.1. The van der Waals surface area contributed by atoms with Crippen LogP contribution in [0.1, 0.15) is 23.2 Å². The van der Waals surface area contributed by atoms with Gasteiger partial charge in [-0.25, -0.2) is 4.42 Å². The van der Waals surface area contributed by atoms with Crippen LogP contribution in [0.4, 0.5) is 0 Å². The number of halogens is 2. The van der Waals surface area contributed by atoms with Crippen molar-refractivity contribution in [2.45, 2.75) is 12.8 Å². The average molecular weight is 334 g/mol. The van der Waals surface area contributed by atoms with Gasteiger partial charge < -0.3 is 0 Å². The van der Waals surface area contributed by atoms with Crippen molar-refractivity contribution in [3.8, 4) is 11.1 Å². The predicted molar refractivity (Wildman–Crippen MR) is 91.4 cm³/mol. The number of Topliss-reactive ketones (excluding diaryl/α,β-unsaturated/α-hetero) is 1. The second-order valence-electron chi connectivity index (χ2n) is 5.64. The number of carbonyl (C=O) groups excluding carboxylic acids is 1. The third-order valence-corrected chi connectivity index (χ3v) is 4.71. The molecule has 1 saturated heterocycles. The van der Waals surface area contributed by atoms with Gasteiger partial charge in [0, 0.05) is 29.6 Å². The Bertz CT molecular complexity index is 661. The monoisotopic (exact) mass is 333 g/mol. The van der Waals surface area contributed by atoms with E-state index < -0.39 is 0 Å². The minimum atomic E-state index is 0.0898. The predicted octanol–water partition coefficient (Wildman–Crippen LogP) is 5.06. The molecule has 0 radical (unpaired) electrons. The van der Waals surface area contributed by atoms with Crippen molar-refractivity contribution in [1.82, 2.24) is 4.42 Å². The Morgan fingerprint density at radius 3 is 2.32 bits per heavy atom. The summed E-state index contributed by atoms with van der Waals surface area (Å²) >= 11 is 12.0. The molecule has 0 N–H and O–H groups in total. The largest absolute Gasteiger partial charge is 0.294 e. The van der Waals surface area contributed by atoms with E-state index in [1.165, 1.54) is 0 Å². The van der Waals surface area contributed by atoms with Crippen LogP contribution in [-0.2, 0) is 0 Å². The van der Waals surface area contributed by atoms with Crippen molar-refractivity contribution in [2.24, 2.45) is 5.92 Å². The topological polar surface area (TPSA) is 20.3 Å². The molecule has 0 aromatic heterocycles. The fourth-order valence-corrected chi connectivity index (χ4v) is 3.23. The lowest BCUT2D eigenvalue weighted by Gasteiger charge is -2.26. The maximum absolute atomic E-state index is 12.5. The molecule has 2 aromatic carbocycles. The van der Waals surface area contributed by atoms with Gasteiger partial charge in [-0.3, -0.25) is 4.79 Å². The van der Waals surface area contributed by atoms with Crippen molar-refractivity contribution in [3.05, 3.63) is 59.1 Å². The normalized spacial score (nSPS) is 16.6. The molecule has 22 heavy (non-hydrogen) atoms. The molecule has 0 bridgehead atoms. The second-order valence-corrected chi connectivity index (χ2v) is 6.55. The minimum Gasteiger partial charge on any atom is -0.294 e. The van der Waals surface area contributed by atoms with E-state index in [1.54, 1.807) is 4.42 Å². The van der Waals surface area contributed by atoms with E-state index in [9.17, 15) is 4.79 Å². The lowest BCUT2D eigenvalue weighted by atomic mass is 9.89. The quantitative estimate of drug-likeness (QED) is 0.578. The van der Waals surface area contributed by atoms with E-state index in [0.29, 0.717) is 5.02 Å². The minimum absolute atomic E-state index is 0.0898. The van der Waals surface area contributed by atoms with Gasteiger partial charge in [-0.2, -0.15) is 0 Å². The third kappa shape index (κ3) is 3.52. The van der Waals surface area contributed by atoms with Crippen molar-refractivity contribution < 1.29 is 4.79 Å². The number of benzene rings is 2. The molecular weight excluding hydrogens is 317 g/mol. The number of nitrogens with zero attached hydrogens (tertiary/aromatic N) is 1. The van der Waals surface area contributed by atoms with Gasteiger partial charge in [0.1, 0.15) is 0 Å². The molecule has 1 heterocycles. The third-order valence-electron chi connectivity index (χ3n) is 4.14. The maximum Gasteiger partial charge on any atom is 0.166 e. The Labute approximate surface area is 140 Å². The molecular formula is C18H17Cl2NO. The van der Waals surface area contributed by atoms with Gasteiger partial charge in [0.05, 0.1) is 0 Å². The molecule has 0 atom stereocenters. The maximum atomic E-state index is 12.5. The van der Waals surface area contributed by atoms with Crippen LogP contribution in [0.25, 0.3) is 11.1 Å². The summed E-state index contributed by atoms with van der Waals surface area (Å²) in [5.74, 6) is 0.314. The van der Waals surface area contributed by atoms with Gasteiger partial charge >= 0.3 is 0 Å². The summed E-state index contributed by atoms with van der Waals surface area (Å²) in [6.07, 6.45) is 1.66. The fraction of sp³-hybridized carbons (Fsp3) is 0.278. The molecule has 3 rings (SSSR count). The summed E-state index contributed by atoms with van der Waals surface area (Å²) in [7, 11) is 0. The zero-order chi connectivity index (χ0) is 15.5. The fourth-order valence-electron chi connectivity index (χ4n) is 2.84. The lowest BCUT2D eigenvalue weighted by Crippen LogP contribution is -2.30. The highest BCUT2D eigenvalue weighted by molar-refractivity contribution is 6.30. The molecule has 0 spiro atoms. The zero-order valence-corrected chi connectivity index (χ0v) is 13.6. The standard InChI is InChI=1S/C18H17Cl2NO/c19-17-3-1-2-16(12-17)13-4-6-14(7-5-13)18(22)15-8-10-21(20)11-9-15/h1-7,12,15H,8-11H2. The van der Waals surface area contributed by atoms with Crippen molar-refractivity contribution in [1.29, 1.82) is 0 Å². The van der Waals surface area contributed by atoms with Crippen LogP contribution in [0, 0.1) is 5.92 Å². The smallest absolute Gasteiger partial charge is 0.166 e.